The van der Waals surface area contributed by atoms with Crippen LogP contribution < -0.4 is 5.01 Å². The highest BCUT2D eigenvalue weighted by molar-refractivity contribution is 6.32. The van der Waals surface area contributed by atoms with Gasteiger partial charge in [0, 0.05) is 38.5 Å². The van der Waals surface area contributed by atoms with E-state index in [1.165, 1.54) is 25.7 Å². The summed E-state index contributed by atoms with van der Waals surface area (Å²) in [6.45, 7) is 2.99. The Labute approximate surface area is 199 Å². The summed E-state index contributed by atoms with van der Waals surface area (Å²) in [6.07, 6.45) is 6.30. The van der Waals surface area contributed by atoms with Crippen molar-refractivity contribution >= 4 is 29.0 Å². The summed E-state index contributed by atoms with van der Waals surface area (Å²) in [7, 11) is 0. The number of benzene rings is 1. The fourth-order valence-corrected chi connectivity index (χ4v) is 6.87. The SMILES string of the molecule is N#Cc1ccc(N2N=C(N3C[C@@H]4C(C(=O)N5CC[C@H](O)C5)[C@@H]4C3)CC2C2CCCC2)cc1Cl. The van der Waals surface area contributed by atoms with Gasteiger partial charge in [0.1, 0.15) is 11.9 Å². The monoisotopic (exact) mass is 467 g/mol. The van der Waals surface area contributed by atoms with Crippen LogP contribution in [0.2, 0.25) is 5.02 Å². The number of rotatable bonds is 3. The molecule has 174 valence electrons. The minimum absolute atomic E-state index is 0.132. The Morgan fingerprint density at radius 2 is 1.91 bits per heavy atom. The van der Waals surface area contributed by atoms with E-state index in [9.17, 15) is 15.2 Å². The molecule has 6 rings (SSSR count). The van der Waals surface area contributed by atoms with E-state index < -0.39 is 0 Å². The molecule has 8 heteroatoms. The normalized spacial score (nSPS) is 33.4. The van der Waals surface area contributed by atoms with Gasteiger partial charge in [-0.2, -0.15) is 10.4 Å². The number of β-amino-alcohol motifs (C(OH)–C–C–N with tert-alkyl or cyclic N) is 1. The molecule has 0 bridgehead atoms. The Balaban J connectivity index is 1.17. The molecule has 2 aliphatic carbocycles. The summed E-state index contributed by atoms with van der Waals surface area (Å²) in [5.74, 6) is 2.96. The Kier molecular flexibility index (Phi) is 5.26. The lowest BCUT2D eigenvalue weighted by atomic mass is 9.94. The van der Waals surface area contributed by atoms with Crippen LogP contribution in [-0.4, -0.2) is 65.0 Å². The van der Waals surface area contributed by atoms with Crippen molar-refractivity contribution in [3.63, 3.8) is 0 Å². The van der Waals surface area contributed by atoms with E-state index in [0.29, 0.717) is 53.9 Å². The largest absolute Gasteiger partial charge is 0.391 e. The number of carbonyl (C=O) groups is 1. The zero-order valence-electron chi connectivity index (χ0n) is 18.7. The minimum atomic E-state index is -0.355. The highest BCUT2D eigenvalue weighted by Gasteiger charge is 2.61. The van der Waals surface area contributed by atoms with E-state index in [2.05, 4.69) is 16.0 Å². The third kappa shape index (κ3) is 3.68. The first kappa shape index (κ1) is 21.2. The van der Waals surface area contributed by atoms with Gasteiger partial charge in [-0.25, -0.2) is 0 Å². The van der Waals surface area contributed by atoms with Crippen molar-refractivity contribution in [2.24, 2.45) is 28.8 Å². The maximum Gasteiger partial charge on any atom is 0.226 e. The summed E-state index contributed by atoms with van der Waals surface area (Å²) < 4.78 is 0. The highest BCUT2D eigenvalue weighted by Crippen LogP contribution is 2.53. The highest BCUT2D eigenvalue weighted by atomic mass is 35.5. The van der Waals surface area contributed by atoms with Crippen molar-refractivity contribution in [2.45, 2.75) is 50.7 Å². The molecule has 7 nitrogen and oxygen atoms in total. The second-order valence-corrected chi connectivity index (χ2v) is 10.8. The number of nitriles is 1. The van der Waals surface area contributed by atoms with Crippen molar-refractivity contribution in [1.29, 1.82) is 5.26 Å². The topological polar surface area (TPSA) is 83.2 Å². The number of aliphatic hydroxyl groups excluding tert-OH is 1. The van der Waals surface area contributed by atoms with Crippen LogP contribution in [-0.2, 0) is 4.79 Å². The number of halogens is 1. The van der Waals surface area contributed by atoms with Crippen molar-refractivity contribution in [1.82, 2.24) is 9.80 Å². The second kappa shape index (κ2) is 8.18. The number of likely N-dealkylation sites (tertiary alicyclic amines) is 2. The van der Waals surface area contributed by atoms with Crippen LogP contribution in [0.1, 0.15) is 44.1 Å². The van der Waals surface area contributed by atoms with Crippen molar-refractivity contribution in [2.75, 3.05) is 31.2 Å². The van der Waals surface area contributed by atoms with Crippen LogP contribution >= 0.6 is 11.6 Å². The van der Waals surface area contributed by atoms with Crippen molar-refractivity contribution in [3.05, 3.63) is 28.8 Å². The summed E-state index contributed by atoms with van der Waals surface area (Å²) >= 11 is 6.35. The molecule has 0 spiro atoms. The van der Waals surface area contributed by atoms with Gasteiger partial charge >= 0.3 is 0 Å². The van der Waals surface area contributed by atoms with Gasteiger partial charge in [0.05, 0.1) is 28.4 Å². The average Bonchev–Trinajstić information content (AvgIpc) is 3.42. The second-order valence-electron chi connectivity index (χ2n) is 10.4. The van der Waals surface area contributed by atoms with E-state index in [1.54, 1.807) is 6.07 Å². The number of nitrogens with zero attached hydrogens (tertiary/aromatic N) is 5. The Morgan fingerprint density at radius 1 is 1.15 bits per heavy atom. The summed E-state index contributed by atoms with van der Waals surface area (Å²) in [5.41, 5.74) is 1.44. The summed E-state index contributed by atoms with van der Waals surface area (Å²) in [6, 6.07) is 8.08. The molecule has 33 heavy (non-hydrogen) atoms. The molecular weight excluding hydrogens is 438 g/mol. The number of hydrogen-bond donors (Lipinski definition) is 1. The van der Waals surface area contributed by atoms with Gasteiger partial charge in [-0.05, 0) is 55.2 Å². The van der Waals surface area contributed by atoms with Gasteiger partial charge in [0.25, 0.3) is 0 Å². The molecule has 1 amide bonds. The molecule has 4 fully saturated rings. The number of aliphatic hydroxyl groups is 1. The summed E-state index contributed by atoms with van der Waals surface area (Å²) in [4.78, 5) is 17.1. The minimum Gasteiger partial charge on any atom is -0.391 e. The Hall–Kier alpha value is -2.30. The van der Waals surface area contributed by atoms with E-state index >= 15 is 0 Å². The first-order valence-corrected chi connectivity index (χ1v) is 12.7. The van der Waals surface area contributed by atoms with Crippen LogP contribution in [0, 0.1) is 35.0 Å². The maximum absolute atomic E-state index is 12.9. The fraction of sp³-hybridized carbons (Fsp3) is 0.640. The quantitative estimate of drug-likeness (QED) is 0.738. The number of hydrogen-bond acceptors (Lipinski definition) is 6. The van der Waals surface area contributed by atoms with Gasteiger partial charge in [-0.3, -0.25) is 9.80 Å². The third-order valence-corrected chi connectivity index (χ3v) is 8.84. The number of amides is 1. The van der Waals surface area contributed by atoms with Gasteiger partial charge in [-0.15, -0.1) is 0 Å². The molecule has 1 N–H and O–H groups in total. The van der Waals surface area contributed by atoms with Crippen molar-refractivity contribution < 1.29 is 9.90 Å². The molecular formula is C25H30ClN5O2. The van der Waals surface area contributed by atoms with Gasteiger partial charge in [-0.1, -0.05) is 24.4 Å². The molecule has 2 saturated heterocycles. The number of anilines is 1. The molecule has 0 aromatic heterocycles. The first-order chi connectivity index (χ1) is 16.0. The Morgan fingerprint density at radius 3 is 2.55 bits per heavy atom. The molecule has 2 saturated carbocycles. The number of piperidine rings is 1. The lowest BCUT2D eigenvalue weighted by Gasteiger charge is -2.28. The number of fused-ring (bicyclic) bond motifs is 1. The molecule has 3 aliphatic heterocycles. The molecule has 3 heterocycles. The molecule has 2 unspecified atom stereocenters. The van der Waals surface area contributed by atoms with E-state index in [4.69, 9.17) is 16.7 Å². The van der Waals surface area contributed by atoms with E-state index in [0.717, 1.165) is 31.0 Å². The molecule has 5 atom stereocenters. The number of amidine groups is 1. The zero-order chi connectivity index (χ0) is 22.7. The van der Waals surface area contributed by atoms with Crippen LogP contribution in [0.25, 0.3) is 0 Å². The van der Waals surface area contributed by atoms with Gasteiger partial charge < -0.3 is 14.9 Å². The maximum atomic E-state index is 12.9. The van der Waals surface area contributed by atoms with Crippen molar-refractivity contribution in [3.8, 4) is 6.07 Å². The average molecular weight is 468 g/mol. The van der Waals surface area contributed by atoms with E-state index in [1.807, 2.05) is 17.0 Å². The van der Waals surface area contributed by atoms with Crippen LogP contribution in [0.15, 0.2) is 23.3 Å². The Bertz CT molecular complexity index is 1020. The predicted octanol–water partition coefficient (Wildman–Crippen LogP) is 3.07. The smallest absolute Gasteiger partial charge is 0.226 e. The molecule has 5 aliphatic rings. The van der Waals surface area contributed by atoms with Gasteiger partial charge in [0.15, 0.2) is 0 Å². The fourth-order valence-electron chi connectivity index (χ4n) is 6.66. The third-order valence-electron chi connectivity index (χ3n) is 8.53. The molecule has 1 aromatic rings. The molecule has 1 aromatic carbocycles. The lowest BCUT2D eigenvalue weighted by Crippen LogP contribution is -2.37. The summed E-state index contributed by atoms with van der Waals surface area (Å²) in [5, 5.41) is 26.7. The van der Waals surface area contributed by atoms with Crippen LogP contribution in [0.4, 0.5) is 5.69 Å². The van der Waals surface area contributed by atoms with E-state index in [-0.39, 0.29) is 17.9 Å². The van der Waals surface area contributed by atoms with Crippen LogP contribution in [0.3, 0.4) is 0 Å². The standard InChI is InChI=1S/C25H30ClN5O2/c26-21-9-17(6-5-16(21)11-27)31-22(15-3-1-2-4-15)10-23(28-31)30-13-19-20(14-30)24(19)25(33)29-8-7-18(32)12-29/h5-6,9,15,18-20,22,24,32H,1-4,7-8,10,12-14H2/t18-,19-,20+,22?,24?/m0/s1. The van der Waals surface area contributed by atoms with Gasteiger partial charge in [0.2, 0.25) is 5.91 Å². The lowest BCUT2D eigenvalue weighted by molar-refractivity contribution is -0.132. The van der Waals surface area contributed by atoms with Crippen LogP contribution in [0.5, 0.6) is 0 Å². The number of hydrazone groups is 1. The first-order valence-electron chi connectivity index (χ1n) is 12.3. The predicted molar refractivity (Wildman–Crippen MR) is 126 cm³/mol. The molecule has 0 radical (unpaired) electrons. The number of carbonyl (C=O) groups excluding carboxylic acids is 1. The zero-order valence-corrected chi connectivity index (χ0v) is 19.5.